The van der Waals surface area contributed by atoms with Crippen LogP contribution in [0.5, 0.6) is 0 Å². The zero-order valence-corrected chi connectivity index (χ0v) is 34.4. The fourth-order valence-electron chi connectivity index (χ4n) is 8.71. The van der Waals surface area contributed by atoms with Crippen molar-refractivity contribution < 1.29 is 19.1 Å². The average Bonchev–Trinajstić information content (AvgIpc) is 3.54. The van der Waals surface area contributed by atoms with E-state index in [0.717, 1.165) is 133 Å². The summed E-state index contributed by atoms with van der Waals surface area (Å²) < 4.78 is 12.0. The molecule has 10 nitrogen and oxygen atoms in total. The fourth-order valence-corrected chi connectivity index (χ4v) is 8.71. The van der Waals surface area contributed by atoms with Crippen LogP contribution >= 0.6 is 0 Å². The number of carbonyl (C=O) groups is 1. The molecule has 6 heterocycles. The van der Waals surface area contributed by atoms with Gasteiger partial charge in [0.1, 0.15) is 24.0 Å². The molecule has 3 aliphatic heterocycles. The number of rotatable bonds is 9. The maximum atomic E-state index is 13.5. The molecule has 0 atom stereocenters. The molecule has 5 aromatic rings. The summed E-state index contributed by atoms with van der Waals surface area (Å²) in [5, 5.41) is 11.4. The van der Waals surface area contributed by atoms with Crippen LogP contribution in [0.4, 0.5) is 11.5 Å². The summed E-state index contributed by atoms with van der Waals surface area (Å²) in [7, 11) is 0. The minimum atomic E-state index is -1.10. The predicted octanol–water partition coefficient (Wildman–Crippen LogP) is 8.41. The van der Waals surface area contributed by atoms with Gasteiger partial charge in [0.15, 0.2) is 11.4 Å². The monoisotopic (exact) mass is 758 g/mol. The number of benzene rings is 2. The summed E-state index contributed by atoms with van der Waals surface area (Å²) in [6.07, 6.45) is 7.04. The van der Waals surface area contributed by atoms with E-state index in [0.29, 0.717) is 12.0 Å². The van der Waals surface area contributed by atoms with Crippen molar-refractivity contribution in [3.63, 3.8) is 0 Å². The quantitative estimate of drug-likeness (QED) is 0.147. The molecule has 1 N–H and O–H groups in total. The zero-order chi connectivity index (χ0) is 39.4. The highest BCUT2D eigenvalue weighted by molar-refractivity contribution is 6.05. The molecule has 3 aromatic heterocycles. The van der Waals surface area contributed by atoms with Crippen LogP contribution in [0.25, 0.3) is 33.2 Å². The number of fused-ring (bicyclic) bond motifs is 4. The van der Waals surface area contributed by atoms with E-state index in [2.05, 4.69) is 78.6 Å². The number of anilines is 2. The number of likely N-dealkylation sites (tertiary alicyclic amines) is 1. The average molecular weight is 759 g/mol. The Labute approximate surface area is 331 Å². The second-order valence-corrected chi connectivity index (χ2v) is 18.7. The Balaban J connectivity index is 1.20. The van der Waals surface area contributed by atoms with Crippen molar-refractivity contribution in [1.82, 2.24) is 19.9 Å². The molecule has 0 aliphatic carbocycles. The van der Waals surface area contributed by atoms with E-state index in [4.69, 9.17) is 19.1 Å². The third-order valence-electron chi connectivity index (χ3n) is 12.4. The molecule has 3 aliphatic rings. The van der Waals surface area contributed by atoms with Gasteiger partial charge in [-0.15, -0.1) is 0 Å². The van der Waals surface area contributed by atoms with Crippen LogP contribution in [0, 0.1) is 17.8 Å². The summed E-state index contributed by atoms with van der Waals surface area (Å²) >= 11 is 0. The Morgan fingerprint density at radius 1 is 0.911 bits per heavy atom. The maximum absolute atomic E-state index is 13.5. The molecule has 56 heavy (non-hydrogen) atoms. The van der Waals surface area contributed by atoms with E-state index in [9.17, 15) is 9.90 Å². The van der Waals surface area contributed by atoms with Gasteiger partial charge >= 0.3 is 5.97 Å². The van der Waals surface area contributed by atoms with E-state index < -0.39 is 5.60 Å². The van der Waals surface area contributed by atoms with Crippen molar-refractivity contribution in [3.8, 4) is 11.1 Å². The Hall–Kier alpha value is -4.54. The highest BCUT2D eigenvalue weighted by Gasteiger charge is 2.33. The second-order valence-electron chi connectivity index (χ2n) is 18.7. The molecular formula is C46H58N6O4. The lowest BCUT2D eigenvalue weighted by Crippen LogP contribution is -2.39. The maximum Gasteiger partial charge on any atom is 0.310 e. The third-order valence-corrected chi connectivity index (χ3v) is 12.4. The molecule has 8 rings (SSSR count). The summed E-state index contributed by atoms with van der Waals surface area (Å²) in [6, 6.07) is 15.0. The number of aliphatic hydroxyl groups is 1. The molecule has 296 valence electrons. The first-order valence-electron chi connectivity index (χ1n) is 20.5. The molecule has 0 bridgehead atoms. The van der Waals surface area contributed by atoms with Gasteiger partial charge < -0.3 is 24.1 Å². The van der Waals surface area contributed by atoms with Gasteiger partial charge in [0, 0.05) is 54.9 Å². The highest BCUT2D eigenvalue weighted by atomic mass is 16.5. The van der Waals surface area contributed by atoms with Gasteiger partial charge in [-0.05, 0) is 106 Å². The minimum absolute atomic E-state index is 0.0550. The first-order chi connectivity index (χ1) is 26.6. The Kier molecular flexibility index (Phi) is 10.1. The van der Waals surface area contributed by atoms with E-state index in [1.165, 1.54) is 11.1 Å². The van der Waals surface area contributed by atoms with Crippen molar-refractivity contribution in [2.24, 2.45) is 10.8 Å². The standard InChI is InChI=1S/C46H58N6O4/c1-30-35(25-38(53)55-28-46(6,7)54)41(51-22-17-45(4,5)18-23-51)39(36(49-30)27-50-20-15-44(2,3)16-21-50)32-12-13-33-26-52(19-14-31(33)24-32)43-42-40(47-29-48-43)34-10-8-9-11-37(34)56-42/h8-13,24,29,54H,14-23,25-28H2,1-7H3. The van der Waals surface area contributed by atoms with Crippen LogP contribution < -0.4 is 9.80 Å². The first-order valence-corrected chi connectivity index (χ1v) is 20.5. The number of nitrogens with zero attached hydrogens (tertiary/aromatic N) is 6. The van der Waals surface area contributed by atoms with Crippen LogP contribution in [-0.2, 0) is 35.5 Å². The summed E-state index contributed by atoms with van der Waals surface area (Å²) in [4.78, 5) is 35.6. The fraction of sp³-hybridized carbons (Fsp3) is 0.522. The number of hydrogen-bond donors (Lipinski definition) is 1. The summed E-state index contributed by atoms with van der Waals surface area (Å²) in [5.41, 5.74) is 10.7. The van der Waals surface area contributed by atoms with E-state index >= 15 is 0 Å². The Morgan fingerprint density at radius 3 is 2.36 bits per heavy atom. The van der Waals surface area contributed by atoms with Crippen molar-refractivity contribution in [2.75, 3.05) is 49.1 Å². The number of esters is 1. The number of aryl methyl sites for hydroxylation is 1. The van der Waals surface area contributed by atoms with Gasteiger partial charge in [-0.3, -0.25) is 14.7 Å². The van der Waals surface area contributed by atoms with E-state index in [1.807, 2.05) is 18.2 Å². The SMILES string of the molecule is Cc1nc(CN2CCC(C)(C)CC2)c(-c2ccc3c(c2)CCN(c2ncnc4c2oc2ccccc24)C3)c(N2CCC(C)(C)CC2)c1CC(=O)OCC(C)(C)O. The van der Waals surface area contributed by atoms with Crippen LogP contribution in [0.2, 0.25) is 0 Å². The number of para-hydroxylation sites is 1. The van der Waals surface area contributed by atoms with E-state index in [-0.39, 0.29) is 24.4 Å². The van der Waals surface area contributed by atoms with Crippen LogP contribution in [0.15, 0.2) is 53.2 Å². The van der Waals surface area contributed by atoms with Crippen molar-refractivity contribution in [1.29, 1.82) is 0 Å². The molecule has 10 heteroatoms. The number of piperidine rings is 2. The molecule has 0 amide bonds. The third kappa shape index (κ3) is 8.00. The highest BCUT2D eigenvalue weighted by Crippen LogP contribution is 2.44. The van der Waals surface area contributed by atoms with Crippen molar-refractivity contribution in [2.45, 2.75) is 106 Å². The van der Waals surface area contributed by atoms with Crippen molar-refractivity contribution in [3.05, 3.63) is 76.9 Å². The first kappa shape index (κ1) is 38.3. The van der Waals surface area contributed by atoms with Gasteiger partial charge in [0.25, 0.3) is 0 Å². The normalized spacial score (nSPS) is 18.7. The second kappa shape index (κ2) is 14.8. The van der Waals surface area contributed by atoms with Crippen LogP contribution in [0.3, 0.4) is 0 Å². The molecular weight excluding hydrogens is 701 g/mol. The lowest BCUT2D eigenvalue weighted by Gasteiger charge is -2.41. The van der Waals surface area contributed by atoms with Crippen LogP contribution in [0.1, 0.15) is 95.3 Å². The minimum Gasteiger partial charge on any atom is -0.462 e. The Bertz CT molecular complexity index is 2250. The largest absolute Gasteiger partial charge is 0.462 e. The molecule has 0 spiro atoms. The number of aromatic nitrogens is 3. The predicted molar refractivity (Wildman–Crippen MR) is 223 cm³/mol. The Morgan fingerprint density at radius 2 is 1.62 bits per heavy atom. The molecule has 0 saturated carbocycles. The van der Waals surface area contributed by atoms with Gasteiger partial charge in [-0.25, -0.2) is 9.97 Å². The number of furan rings is 1. The number of hydrogen-bond acceptors (Lipinski definition) is 10. The lowest BCUT2D eigenvalue weighted by atomic mass is 9.81. The van der Waals surface area contributed by atoms with Gasteiger partial charge in [-0.2, -0.15) is 0 Å². The van der Waals surface area contributed by atoms with Gasteiger partial charge in [0.2, 0.25) is 0 Å². The molecule has 2 saturated heterocycles. The molecule has 0 radical (unpaired) electrons. The zero-order valence-electron chi connectivity index (χ0n) is 34.4. The molecule has 2 fully saturated rings. The number of pyridine rings is 1. The van der Waals surface area contributed by atoms with E-state index in [1.54, 1.807) is 20.2 Å². The summed E-state index contributed by atoms with van der Waals surface area (Å²) in [6.45, 7) is 20.9. The topological polar surface area (TPSA) is 108 Å². The smallest absolute Gasteiger partial charge is 0.310 e. The van der Waals surface area contributed by atoms with Crippen molar-refractivity contribution >= 4 is 39.5 Å². The van der Waals surface area contributed by atoms with Crippen LogP contribution in [-0.4, -0.2) is 75.9 Å². The van der Waals surface area contributed by atoms with Gasteiger partial charge in [-0.1, -0.05) is 58.0 Å². The molecule has 2 aromatic carbocycles. The number of carbonyl (C=O) groups excluding carboxylic acids is 1. The summed E-state index contributed by atoms with van der Waals surface area (Å²) in [5.74, 6) is 0.480. The lowest BCUT2D eigenvalue weighted by molar-refractivity contribution is -0.149. The molecule has 0 unspecified atom stereocenters. The van der Waals surface area contributed by atoms with Gasteiger partial charge in [0.05, 0.1) is 23.4 Å². The number of ether oxygens (including phenoxy) is 1.